The largest absolute Gasteiger partial charge is 0.478 e. The number of nitrogens with zero attached hydrogens (tertiary/aromatic N) is 1. The molecule has 0 aliphatic heterocycles. The second-order valence-corrected chi connectivity index (χ2v) is 9.45. The molecule has 0 heterocycles. The van der Waals surface area contributed by atoms with Gasteiger partial charge in [0.25, 0.3) is 0 Å². The molecule has 0 saturated carbocycles. The van der Waals surface area contributed by atoms with Crippen molar-refractivity contribution in [3.05, 3.63) is 59.2 Å². The van der Waals surface area contributed by atoms with Crippen LogP contribution >= 0.6 is 0 Å². The van der Waals surface area contributed by atoms with Crippen LogP contribution in [0.1, 0.15) is 62.0 Å². The maximum absolute atomic E-state index is 13.1. The molecule has 1 aliphatic carbocycles. The van der Waals surface area contributed by atoms with E-state index in [-0.39, 0.29) is 22.4 Å². The van der Waals surface area contributed by atoms with Gasteiger partial charge in [-0.05, 0) is 71.2 Å². The summed E-state index contributed by atoms with van der Waals surface area (Å²) < 4.78 is 5.24. The highest BCUT2D eigenvalue weighted by molar-refractivity contribution is 6.02. The molecule has 6 nitrogen and oxygen atoms in total. The van der Waals surface area contributed by atoms with Crippen LogP contribution < -0.4 is 10.2 Å². The van der Waals surface area contributed by atoms with Crippen molar-refractivity contribution in [2.45, 2.75) is 51.4 Å². The zero-order valence-corrected chi connectivity index (χ0v) is 19.0. The fraction of sp³-hybridized carbons (Fsp3) is 0.440. The molecule has 2 N–H and O–H groups in total. The molecule has 0 spiro atoms. The minimum atomic E-state index is -1.00. The van der Waals surface area contributed by atoms with Gasteiger partial charge in [0.05, 0.1) is 18.7 Å². The average molecular weight is 425 g/mol. The van der Waals surface area contributed by atoms with Crippen molar-refractivity contribution in [2.75, 3.05) is 30.5 Å². The molecule has 166 valence electrons. The molecule has 0 atom stereocenters. The predicted molar refractivity (Wildman–Crippen MR) is 123 cm³/mol. The number of carboxylic acid groups (broad SMARTS) is 1. The van der Waals surface area contributed by atoms with E-state index in [1.165, 1.54) is 23.3 Å². The summed E-state index contributed by atoms with van der Waals surface area (Å²) in [4.78, 5) is 25.9. The summed E-state index contributed by atoms with van der Waals surface area (Å²) in [6.07, 6.45) is 2.23. The van der Waals surface area contributed by atoms with Crippen LogP contribution in [-0.2, 0) is 15.6 Å². The first kappa shape index (κ1) is 22.8. The SMILES string of the molecule is COCCN(C(=O)Nc1ccc(C(=O)O)cc1)c1ccc2c(c1)C(C)(C)CCC2(C)C. The van der Waals surface area contributed by atoms with Crippen LogP contribution in [0.4, 0.5) is 16.2 Å². The standard InChI is InChI=1S/C25H32N2O4/c1-24(2)12-13-25(3,4)21-16-19(10-11-20(21)24)27(14-15-31-5)23(30)26-18-8-6-17(7-9-18)22(28)29/h6-11,16H,12-15H2,1-5H3,(H,26,30)(H,28,29). The first-order valence-electron chi connectivity index (χ1n) is 10.6. The molecule has 31 heavy (non-hydrogen) atoms. The smallest absolute Gasteiger partial charge is 0.335 e. The molecule has 0 radical (unpaired) electrons. The fourth-order valence-corrected chi connectivity index (χ4v) is 4.16. The number of benzene rings is 2. The van der Waals surface area contributed by atoms with Gasteiger partial charge in [0.2, 0.25) is 0 Å². The summed E-state index contributed by atoms with van der Waals surface area (Å²) in [6, 6.07) is 12.1. The van der Waals surface area contributed by atoms with E-state index in [1.54, 1.807) is 24.1 Å². The number of carbonyl (C=O) groups excluding carboxylic acids is 1. The highest BCUT2D eigenvalue weighted by atomic mass is 16.5. The van der Waals surface area contributed by atoms with E-state index in [1.807, 2.05) is 6.07 Å². The third kappa shape index (κ3) is 4.90. The van der Waals surface area contributed by atoms with Crippen molar-refractivity contribution in [3.8, 4) is 0 Å². The van der Waals surface area contributed by atoms with Gasteiger partial charge in [-0.15, -0.1) is 0 Å². The van der Waals surface area contributed by atoms with Gasteiger partial charge in [0, 0.05) is 18.5 Å². The first-order valence-corrected chi connectivity index (χ1v) is 10.6. The number of carboxylic acids is 1. The van der Waals surface area contributed by atoms with Crippen LogP contribution in [0.2, 0.25) is 0 Å². The van der Waals surface area contributed by atoms with E-state index < -0.39 is 5.97 Å². The number of amides is 2. The minimum absolute atomic E-state index is 0.0386. The second kappa shape index (κ2) is 8.71. The number of ether oxygens (including phenoxy) is 1. The number of urea groups is 1. The van der Waals surface area contributed by atoms with E-state index in [0.29, 0.717) is 18.8 Å². The normalized spacial score (nSPS) is 16.3. The Balaban J connectivity index is 1.91. The van der Waals surface area contributed by atoms with Gasteiger partial charge in [-0.3, -0.25) is 4.90 Å². The molecule has 6 heteroatoms. The topological polar surface area (TPSA) is 78.9 Å². The maximum atomic E-state index is 13.1. The number of aromatic carboxylic acids is 1. The van der Waals surface area contributed by atoms with Gasteiger partial charge in [-0.2, -0.15) is 0 Å². The van der Waals surface area contributed by atoms with Crippen molar-refractivity contribution in [1.82, 2.24) is 0 Å². The number of carbonyl (C=O) groups is 2. The number of hydrogen-bond acceptors (Lipinski definition) is 3. The molecule has 0 saturated heterocycles. The van der Waals surface area contributed by atoms with Crippen LogP contribution in [0.3, 0.4) is 0 Å². The van der Waals surface area contributed by atoms with E-state index >= 15 is 0 Å². The summed E-state index contributed by atoms with van der Waals surface area (Å²) in [5, 5.41) is 11.9. The van der Waals surface area contributed by atoms with Crippen LogP contribution in [0.15, 0.2) is 42.5 Å². The molecule has 2 aromatic carbocycles. The molecule has 2 aromatic rings. The number of fused-ring (bicyclic) bond motifs is 1. The Labute approximate surface area is 184 Å². The number of anilines is 2. The predicted octanol–water partition coefficient (Wildman–Crippen LogP) is 5.42. The second-order valence-electron chi connectivity index (χ2n) is 9.45. The van der Waals surface area contributed by atoms with Crippen molar-refractivity contribution >= 4 is 23.4 Å². The summed E-state index contributed by atoms with van der Waals surface area (Å²) in [7, 11) is 1.61. The van der Waals surface area contributed by atoms with Crippen LogP contribution in [0.25, 0.3) is 0 Å². The molecule has 0 fully saturated rings. The fourth-order valence-electron chi connectivity index (χ4n) is 4.16. The lowest BCUT2D eigenvalue weighted by molar-refractivity contribution is 0.0697. The lowest BCUT2D eigenvalue weighted by atomic mass is 9.63. The minimum Gasteiger partial charge on any atom is -0.478 e. The van der Waals surface area contributed by atoms with Gasteiger partial charge in [-0.1, -0.05) is 33.8 Å². The highest BCUT2D eigenvalue weighted by Gasteiger charge is 2.37. The molecule has 1 aliphatic rings. The van der Waals surface area contributed by atoms with Gasteiger partial charge in [-0.25, -0.2) is 9.59 Å². The van der Waals surface area contributed by atoms with Gasteiger partial charge in [0.1, 0.15) is 0 Å². The van der Waals surface area contributed by atoms with Crippen molar-refractivity contribution in [2.24, 2.45) is 0 Å². The monoisotopic (exact) mass is 424 g/mol. The molecular weight excluding hydrogens is 392 g/mol. The zero-order chi connectivity index (χ0) is 22.8. The number of methoxy groups -OCH3 is 1. The molecule has 0 bridgehead atoms. The van der Waals surface area contributed by atoms with E-state index in [9.17, 15) is 9.59 Å². The van der Waals surface area contributed by atoms with Gasteiger partial charge < -0.3 is 15.2 Å². The van der Waals surface area contributed by atoms with Crippen molar-refractivity contribution in [1.29, 1.82) is 0 Å². The van der Waals surface area contributed by atoms with E-state index in [0.717, 1.165) is 18.5 Å². The molecule has 0 unspecified atom stereocenters. The Morgan fingerprint density at radius 2 is 1.61 bits per heavy atom. The third-order valence-electron chi connectivity index (χ3n) is 6.30. The zero-order valence-electron chi connectivity index (χ0n) is 19.0. The van der Waals surface area contributed by atoms with Gasteiger partial charge >= 0.3 is 12.0 Å². The third-order valence-corrected chi connectivity index (χ3v) is 6.30. The Bertz CT molecular complexity index is 964. The number of nitrogens with one attached hydrogen (secondary N) is 1. The average Bonchev–Trinajstić information content (AvgIpc) is 2.72. The maximum Gasteiger partial charge on any atom is 0.335 e. The van der Waals surface area contributed by atoms with E-state index in [2.05, 4.69) is 45.1 Å². The summed E-state index contributed by atoms with van der Waals surface area (Å²) in [6.45, 7) is 9.87. The number of hydrogen-bond donors (Lipinski definition) is 2. The highest BCUT2D eigenvalue weighted by Crippen LogP contribution is 2.46. The first-order chi connectivity index (χ1) is 14.5. The molecule has 3 rings (SSSR count). The summed E-state index contributed by atoms with van der Waals surface area (Å²) in [5.41, 5.74) is 4.30. The van der Waals surface area contributed by atoms with Crippen molar-refractivity contribution in [3.63, 3.8) is 0 Å². The Morgan fingerprint density at radius 1 is 1.00 bits per heavy atom. The van der Waals surface area contributed by atoms with Crippen molar-refractivity contribution < 1.29 is 19.4 Å². The lowest BCUT2D eigenvalue weighted by Crippen LogP contribution is -2.38. The quantitative estimate of drug-likeness (QED) is 0.649. The Morgan fingerprint density at radius 3 is 2.19 bits per heavy atom. The van der Waals surface area contributed by atoms with Crippen LogP contribution in [0.5, 0.6) is 0 Å². The lowest BCUT2D eigenvalue weighted by Gasteiger charge is -2.42. The Kier molecular flexibility index (Phi) is 6.41. The molecule has 2 amide bonds. The summed E-state index contributed by atoms with van der Waals surface area (Å²) in [5.74, 6) is -1.00. The molecule has 0 aromatic heterocycles. The van der Waals surface area contributed by atoms with E-state index in [4.69, 9.17) is 9.84 Å². The van der Waals surface area contributed by atoms with Crippen LogP contribution in [0, 0.1) is 0 Å². The molecular formula is C25H32N2O4. The Hall–Kier alpha value is -2.86. The number of rotatable bonds is 6. The summed E-state index contributed by atoms with van der Waals surface area (Å²) >= 11 is 0. The van der Waals surface area contributed by atoms with Gasteiger partial charge in [0.15, 0.2) is 0 Å². The van der Waals surface area contributed by atoms with Crippen LogP contribution in [-0.4, -0.2) is 37.4 Å².